The second kappa shape index (κ2) is 5.65. The minimum atomic E-state index is -4.22. The molecule has 0 atom stereocenters. The third-order valence-electron chi connectivity index (χ3n) is 1.87. The van der Waals surface area contributed by atoms with Crippen molar-refractivity contribution in [2.75, 3.05) is 18.9 Å². The monoisotopic (exact) mass is 249 g/mol. The van der Waals surface area contributed by atoms with E-state index < -0.39 is 19.2 Å². The molecule has 1 aromatic rings. The van der Waals surface area contributed by atoms with E-state index in [1.165, 1.54) is 12.1 Å². The highest BCUT2D eigenvalue weighted by molar-refractivity contribution is 5.50. The lowest BCUT2D eigenvalue weighted by Crippen LogP contribution is -2.13. The minimum absolute atomic E-state index is 0.276. The number of nitrogen functional groups attached to an aromatic ring is 1. The molecule has 0 aliphatic carbocycles. The third-order valence-corrected chi connectivity index (χ3v) is 1.87. The van der Waals surface area contributed by atoms with Gasteiger partial charge < -0.3 is 15.2 Å². The summed E-state index contributed by atoms with van der Waals surface area (Å²) >= 11 is 0. The van der Waals surface area contributed by atoms with Gasteiger partial charge in [-0.05, 0) is 6.92 Å². The molecule has 1 aromatic carbocycles. The van der Waals surface area contributed by atoms with Crippen LogP contribution in [0.4, 0.5) is 18.9 Å². The van der Waals surface area contributed by atoms with E-state index >= 15 is 0 Å². The molecule has 6 heteroatoms. The molecule has 0 saturated carbocycles. The van der Waals surface area contributed by atoms with E-state index in [0.717, 1.165) is 0 Å². The van der Waals surface area contributed by atoms with Crippen LogP contribution in [0.3, 0.4) is 0 Å². The minimum Gasteiger partial charge on any atom is -0.494 e. The molecule has 96 valence electrons. The van der Waals surface area contributed by atoms with E-state index in [1.54, 1.807) is 13.0 Å². The number of hydrogen-bond acceptors (Lipinski definition) is 3. The molecule has 0 bridgehead atoms. The first-order valence-corrected chi connectivity index (χ1v) is 5.13. The Labute approximate surface area is 97.3 Å². The number of alkyl halides is 3. The zero-order valence-corrected chi connectivity index (χ0v) is 9.38. The number of rotatable bonds is 5. The van der Waals surface area contributed by atoms with Crippen LogP contribution in [0.5, 0.6) is 11.5 Å². The number of anilines is 1. The van der Waals surface area contributed by atoms with Crippen molar-refractivity contribution in [2.45, 2.75) is 19.5 Å². The van der Waals surface area contributed by atoms with Gasteiger partial charge in [-0.1, -0.05) is 0 Å². The Morgan fingerprint density at radius 1 is 1.12 bits per heavy atom. The Hall–Kier alpha value is -1.59. The number of halogens is 3. The number of benzene rings is 1. The molecule has 0 aliphatic heterocycles. The Morgan fingerprint density at radius 3 is 2.24 bits per heavy atom. The fraction of sp³-hybridized carbons (Fsp3) is 0.455. The van der Waals surface area contributed by atoms with Crippen LogP contribution in [0.25, 0.3) is 0 Å². The van der Waals surface area contributed by atoms with Gasteiger partial charge in [-0.3, -0.25) is 0 Å². The Morgan fingerprint density at radius 2 is 1.71 bits per heavy atom. The summed E-state index contributed by atoms with van der Waals surface area (Å²) in [5.41, 5.74) is 5.95. The zero-order valence-electron chi connectivity index (χ0n) is 9.38. The fourth-order valence-electron chi connectivity index (χ4n) is 1.21. The van der Waals surface area contributed by atoms with E-state index in [1.807, 2.05) is 0 Å². The topological polar surface area (TPSA) is 44.5 Å². The first kappa shape index (κ1) is 13.5. The van der Waals surface area contributed by atoms with Gasteiger partial charge in [-0.25, -0.2) is 0 Å². The van der Waals surface area contributed by atoms with Gasteiger partial charge in [0.2, 0.25) is 0 Å². The summed E-state index contributed by atoms with van der Waals surface area (Å²) in [6.45, 7) is 1.82. The van der Waals surface area contributed by atoms with Crippen molar-refractivity contribution in [1.29, 1.82) is 0 Å². The smallest absolute Gasteiger partial charge is 0.392 e. The van der Waals surface area contributed by atoms with Crippen LogP contribution in [0, 0.1) is 0 Å². The molecule has 2 N–H and O–H groups in total. The summed E-state index contributed by atoms with van der Waals surface area (Å²) in [5, 5.41) is 0. The lowest BCUT2D eigenvalue weighted by molar-refractivity contribution is -0.139. The Kier molecular flexibility index (Phi) is 4.48. The van der Waals surface area contributed by atoms with Crippen LogP contribution < -0.4 is 15.2 Å². The summed E-state index contributed by atoms with van der Waals surface area (Å²) in [6, 6.07) is 4.55. The van der Waals surface area contributed by atoms with E-state index in [4.69, 9.17) is 15.2 Å². The van der Waals surface area contributed by atoms with Crippen molar-refractivity contribution >= 4 is 5.69 Å². The van der Waals surface area contributed by atoms with Crippen molar-refractivity contribution in [2.24, 2.45) is 0 Å². The molecule has 1 rings (SSSR count). The van der Waals surface area contributed by atoms with Crippen molar-refractivity contribution in [3.05, 3.63) is 18.2 Å². The summed E-state index contributed by atoms with van der Waals surface area (Å²) in [5.74, 6) is 0.757. The van der Waals surface area contributed by atoms with E-state index in [2.05, 4.69) is 0 Å². The first-order chi connectivity index (χ1) is 7.90. The molecule has 0 fully saturated rings. The lowest BCUT2D eigenvalue weighted by Gasteiger charge is -2.11. The van der Waals surface area contributed by atoms with Crippen LogP contribution in [0.15, 0.2) is 18.2 Å². The highest BCUT2D eigenvalue weighted by Crippen LogP contribution is 2.26. The number of hydrogen-bond donors (Lipinski definition) is 1. The van der Waals surface area contributed by atoms with E-state index in [9.17, 15) is 13.2 Å². The average molecular weight is 249 g/mol. The van der Waals surface area contributed by atoms with Crippen LogP contribution in [0.1, 0.15) is 13.3 Å². The summed E-state index contributed by atoms with van der Waals surface area (Å²) in [7, 11) is 0. The van der Waals surface area contributed by atoms with Crippen LogP contribution in [0.2, 0.25) is 0 Å². The molecule has 0 unspecified atom stereocenters. The second-order valence-electron chi connectivity index (χ2n) is 3.38. The lowest BCUT2D eigenvalue weighted by atomic mass is 10.3. The van der Waals surface area contributed by atoms with E-state index in [0.29, 0.717) is 18.0 Å². The van der Waals surface area contributed by atoms with Crippen molar-refractivity contribution in [3.63, 3.8) is 0 Å². The van der Waals surface area contributed by atoms with Gasteiger partial charge in [0.25, 0.3) is 0 Å². The predicted octanol–water partition coefficient (Wildman–Crippen LogP) is 3.00. The SMILES string of the molecule is CCOc1cc(N)cc(OCCC(F)(F)F)c1. The third kappa shape index (κ3) is 5.33. The fourth-order valence-corrected chi connectivity index (χ4v) is 1.21. The first-order valence-electron chi connectivity index (χ1n) is 5.13. The quantitative estimate of drug-likeness (QED) is 0.816. The molecule has 0 spiro atoms. The van der Waals surface area contributed by atoms with Gasteiger partial charge in [0.15, 0.2) is 0 Å². The van der Waals surface area contributed by atoms with Gasteiger partial charge in [0, 0.05) is 23.9 Å². The van der Waals surface area contributed by atoms with Crippen molar-refractivity contribution < 1.29 is 22.6 Å². The number of ether oxygens (including phenoxy) is 2. The standard InChI is InChI=1S/C11H14F3NO2/c1-2-16-9-5-8(15)6-10(7-9)17-4-3-11(12,13)14/h5-7H,2-4,15H2,1H3. The normalized spacial score (nSPS) is 11.3. The van der Waals surface area contributed by atoms with Gasteiger partial charge in [-0.2, -0.15) is 13.2 Å². The van der Waals surface area contributed by atoms with Crippen molar-refractivity contribution in [1.82, 2.24) is 0 Å². The summed E-state index contributed by atoms with van der Waals surface area (Å²) in [6.07, 6.45) is -5.21. The molecule has 0 heterocycles. The number of nitrogens with two attached hydrogens (primary N) is 1. The largest absolute Gasteiger partial charge is 0.494 e. The maximum Gasteiger partial charge on any atom is 0.392 e. The molecule has 0 radical (unpaired) electrons. The molecule has 17 heavy (non-hydrogen) atoms. The van der Waals surface area contributed by atoms with E-state index in [-0.39, 0.29) is 5.75 Å². The van der Waals surface area contributed by atoms with Gasteiger partial charge >= 0.3 is 6.18 Å². The zero-order chi connectivity index (χ0) is 12.9. The highest BCUT2D eigenvalue weighted by atomic mass is 19.4. The molecular weight excluding hydrogens is 235 g/mol. The van der Waals surface area contributed by atoms with Gasteiger partial charge in [0.05, 0.1) is 19.6 Å². The predicted molar refractivity (Wildman–Crippen MR) is 58.2 cm³/mol. The maximum absolute atomic E-state index is 11.9. The van der Waals surface area contributed by atoms with Gasteiger partial charge in [-0.15, -0.1) is 0 Å². The van der Waals surface area contributed by atoms with Crippen molar-refractivity contribution in [3.8, 4) is 11.5 Å². The molecule has 3 nitrogen and oxygen atoms in total. The molecule has 0 aromatic heterocycles. The van der Waals surface area contributed by atoms with Crippen LogP contribution >= 0.6 is 0 Å². The highest BCUT2D eigenvalue weighted by Gasteiger charge is 2.26. The van der Waals surface area contributed by atoms with Crippen LogP contribution in [-0.4, -0.2) is 19.4 Å². The molecular formula is C11H14F3NO2. The average Bonchev–Trinajstić information content (AvgIpc) is 2.15. The summed E-state index contributed by atoms with van der Waals surface area (Å²) < 4.78 is 45.9. The maximum atomic E-state index is 11.9. The van der Waals surface area contributed by atoms with Crippen LogP contribution in [-0.2, 0) is 0 Å². The molecule has 0 amide bonds. The molecule has 0 aliphatic rings. The summed E-state index contributed by atoms with van der Waals surface area (Å²) in [4.78, 5) is 0. The molecule has 0 saturated heterocycles. The Balaban J connectivity index is 2.58. The Bertz CT molecular complexity index is 366. The second-order valence-corrected chi connectivity index (χ2v) is 3.38. The van der Waals surface area contributed by atoms with Gasteiger partial charge in [0.1, 0.15) is 11.5 Å².